The van der Waals surface area contributed by atoms with Crippen LogP contribution in [0.25, 0.3) is 0 Å². The van der Waals surface area contributed by atoms with Gasteiger partial charge in [0.15, 0.2) is 0 Å². The van der Waals surface area contributed by atoms with Crippen LogP contribution in [0.2, 0.25) is 0 Å². The molecular formula is C25H26N6O2. The molecule has 2 aromatic carbocycles. The Morgan fingerprint density at radius 1 is 1.12 bits per heavy atom. The number of fused-ring (bicyclic) bond motifs is 1. The molecule has 2 aliphatic rings. The molecule has 3 aromatic rings. The van der Waals surface area contributed by atoms with Crippen molar-refractivity contribution in [3.63, 3.8) is 0 Å². The Bertz CT molecular complexity index is 1240. The Morgan fingerprint density at radius 2 is 2.00 bits per heavy atom. The maximum atomic E-state index is 6.65. The lowest BCUT2D eigenvalue weighted by molar-refractivity contribution is 0.322. The van der Waals surface area contributed by atoms with Crippen molar-refractivity contribution in [3.8, 4) is 11.5 Å². The number of aryl methyl sites for hydroxylation is 2. The summed E-state index contributed by atoms with van der Waals surface area (Å²) in [4.78, 5) is 15.3. The van der Waals surface area contributed by atoms with Crippen LogP contribution in [0, 0.1) is 13.8 Å². The van der Waals surface area contributed by atoms with E-state index in [0.717, 1.165) is 39.6 Å². The van der Waals surface area contributed by atoms with E-state index < -0.39 is 6.17 Å². The Kier molecular flexibility index (Phi) is 5.43. The molecule has 5 rings (SSSR count). The second-order valence-electron chi connectivity index (χ2n) is 8.28. The maximum Gasteiger partial charge on any atom is 0.289 e. The van der Waals surface area contributed by atoms with Crippen LogP contribution in [0.4, 0.5) is 17.1 Å². The highest BCUT2D eigenvalue weighted by atomic mass is 16.5. The molecular weight excluding hydrogens is 416 g/mol. The predicted molar refractivity (Wildman–Crippen MR) is 131 cm³/mol. The number of aliphatic imine (C=N–C) groups is 2. The lowest BCUT2D eigenvalue weighted by Crippen LogP contribution is -2.35. The lowest BCUT2D eigenvalue weighted by Gasteiger charge is -2.31. The highest BCUT2D eigenvalue weighted by Gasteiger charge is 2.24. The molecule has 8 heteroatoms. The van der Waals surface area contributed by atoms with Gasteiger partial charge >= 0.3 is 0 Å². The molecule has 8 nitrogen and oxygen atoms in total. The third-order valence-electron chi connectivity index (χ3n) is 5.59. The predicted octanol–water partition coefficient (Wildman–Crippen LogP) is 4.81. The summed E-state index contributed by atoms with van der Waals surface area (Å²) in [5, 5.41) is 3.22. The van der Waals surface area contributed by atoms with Crippen molar-refractivity contribution in [3.05, 3.63) is 71.5 Å². The maximum absolute atomic E-state index is 6.65. The summed E-state index contributed by atoms with van der Waals surface area (Å²) in [5.74, 6) is 1.47. The van der Waals surface area contributed by atoms with Crippen LogP contribution in [-0.4, -0.2) is 30.0 Å². The highest BCUT2D eigenvalue weighted by Crippen LogP contribution is 2.36. The molecule has 0 amide bonds. The average molecular weight is 443 g/mol. The monoisotopic (exact) mass is 442 g/mol. The van der Waals surface area contributed by atoms with E-state index in [1.165, 1.54) is 0 Å². The first-order chi connectivity index (χ1) is 16.0. The zero-order valence-electron chi connectivity index (χ0n) is 18.8. The van der Waals surface area contributed by atoms with Crippen molar-refractivity contribution in [2.45, 2.75) is 33.0 Å². The van der Waals surface area contributed by atoms with Crippen LogP contribution in [0.3, 0.4) is 0 Å². The van der Waals surface area contributed by atoms with Crippen molar-refractivity contribution in [1.82, 2.24) is 4.98 Å². The second-order valence-corrected chi connectivity index (χ2v) is 8.28. The number of nitrogens with zero attached hydrogens (tertiary/aromatic N) is 4. The number of ether oxygens (including phenoxy) is 2. The molecule has 2 unspecified atom stereocenters. The van der Waals surface area contributed by atoms with Crippen LogP contribution >= 0.6 is 0 Å². The van der Waals surface area contributed by atoms with Crippen LogP contribution in [-0.2, 0) is 4.74 Å². The summed E-state index contributed by atoms with van der Waals surface area (Å²) in [7, 11) is 0. The second kappa shape index (κ2) is 8.55. The number of nitrogens with one attached hydrogen (secondary N) is 1. The van der Waals surface area contributed by atoms with Crippen molar-refractivity contribution < 1.29 is 9.47 Å². The number of nitrogens with two attached hydrogens (primary N) is 1. The van der Waals surface area contributed by atoms with Crippen molar-refractivity contribution in [2.75, 3.05) is 16.8 Å². The quantitative estimate of drug-likeness (QED) is 0.602. The molecule has 0 saturated heterocycles. The van der Waals surface area contributed by atoms with Gasteiger partial charge in [0.05, 0.1) is 24.3 Å². The van der Waals surface area contributed by atoms with Crippen molar-refractivity contribution in [2.24, 2.45) is 15.7 Å². The van der Waals surface area contributed by atoms with Gasteiger partial charge in [0.25, 0.3) is 6.02 Å². The summed E-state index contributed by atoms with van der Waals surface area (Å²) in [6.45, 7) is 6.55. The van der Waals surface area contributed by atoms with Gasteiger partial charge in [-0.25, -0.2) is 9.98 Å². The third-order valence-corrected chi connectivity index (χ3v) is 5.59. The normalized spacial score (nSPS) is 19.0. The van der Waals surface area contributed by atoms with E-state index in [4.69, 9.17) is 15.2 Å². The fraction of sp³-hybridized carbons (Fsp3) is 0.240. The number of rotatable bonds is 4. The lowest BCUT2D eigenvalue weighted by atomic mass is 10.1. The van der Waals surface area contributed by atoms with E-state index in [1.54, 1.807) is 12.5 Å². The average Bonchev–Trinajstić information content (AvgIpc) is 3.22. The van der Waals surface area contributed by atoms with E-state index in [9.17, 15) is 0 Å². The molecule has 0 radical (unpaired) electrons. The summed E-state index contributed by atoms with van der Waals surface area (Å²) in [5.41, 5.74) is 12.1. The minimum Gasteiger partial charge on any atom is -0.463 e. The summed E-state index contributed by atoms with van der Waals surface area (Å²) < 4.78 is 11.6. The first-order valence-corrected chi connectivity index (χ1v) is 10.9. The molecule has 1 aromatic heterocycles. The molecule has 3 N–H and O–H groups in total. The third kappa shape index (κ3) is 4.38. The standard InChI is InChI=1S/C25H26N6O2/c1-15-10-19(6-9-23(15)33-20-7-4-16(2)27-12-20)31-14-28-22-8-5-18(11-21(22)24(31)26)30-25-29-17(3)13-32-25/h4-12,14,17,24H,13,26H2,1-3H3,(H,29,30). The number of benzene rings is 2. The van der Waals surface area contributed by atoms with Crippen LogP contribution in [0.15, 0.2) is 64.7 Å². The van der Waals surface area contributed by atoms with E-state index in [0.29, 0.717) is 18.4 Å². The summed E-state index contributed by atoms with van der Waals surface area (Å²) in [6, 6.07) is 16.4. The molecule has 2 aliphatic heterocycles. The van der Waals surface area contributed by atoms with Crippen molar-refractivity contribution >= 4 is 29.4 Å². The van der Waals surface area contributed by atoms with E-state index in [1.807, 2.05) is 74.2 Å². The van der Waals surface area contributed by atoms with Crippen LogP contribution in [0.5, 0.6) is 11.5 Å². The van der Waals surface area contributed by atoms with Gasteiger partial charge in [-0.05, 0) is 74.9 Å². The number of pyridine rings is 1. The first kappa shape index (κ1) is 21.0. The summed E-state index contributed by atoms with van der Waals surface area (Å²) >= 11 is 0. The van der Waals surface area contributed by atoms with Crippen LogP contribution in [0.1, 0.15) is 29.9 Å². The van der Waals surface area contributed by atoms with Crippen LogP contribution < -0.4 is 20.7 Å². The van der Waals surface area contributed by atoms with Gasteiger partial charge in [-0.2, -0.15) is 0 Å². The Morgan fingerprint density at radius 3 is 2.73 bits per heavy atom. The molecule has 3 heterocycles. The van der Waals surface area contributed by atoms with E-state index >= 15 is 0 Å². The number of anilines is 2. The fourth-order valence-corrected chi connectivity index (χ4v) is 3.78. The topological polar surface area (TPSA) is 97.4 Å². The molecule has 33 heavy (non-hydrogen) atoms. The zero-order chi connectivity index (χ0) is 22.9. The number of amidine groups is 1. The number of aromatic nitrogens is 1. The largest absolute Gasteiger partial charge is 0.463 e. The Hall–Kier alpha value is -3.91. The van der Waals surface area contributed by atoms with Gasteiger partial charge in [0.2, 0.25) is 0 Å². The molecule has 0 bridgehead atoms. The van der Waals surface area contributed by atoms with Gasteiger partial charge in [-0.3, -0.25) is 4.98 Å². The first-order valence-electron chi connectivity index (χ1n) is 10.9. The van der Waals surface area contributed by atoms with Gasteiger partial charge in [-0.15, -0.1) is 0 Å². The molecule has 0 aliphatic carbocycles. The van der Waals surface area contributed by atoms with Gasteiger partial charge in [-0.1, -0.05) is 0 Å². The molecule has 0 spiro atoms. The number of hydrogen-bond acceptors (Lipinski definition) is 8. The Labute approximate surface area is 192 Å². The van der Waals surface area contributed by atoms with Gasteiger partial charge in [0, 0.05) is 22.6 Å². The Balaban J connectivity index is 1.36. The van der Waals surface area contributed by atoms with Gasteiger partial charge in [0.1, 0.15) is 24.3 Å². The smallest absolute Gasteiger partial charge is 0.289 e. The zero-order valence-corrected chi connectivity index (χ0v) is 18.8. The minimum absolute atomic E-state index is 0.157. The van der Waals surface area contributed by atoms with E-state index in [-0.39, 0.29) is 6.04 Å². The minimum atomic E-state index is -0.392. The molecule has 0 fully saturated rings. The molecule has 168 valence electrons. The number of hydrogen-bond donors (Lipinski definition) is 2. The summed E-state index contributed by atoms with van der Waals surface area (Å²) in [6.07, 6.45) is 3.10. The molecule has 2 atom stereocenters. The fourth-order valence-electron chi connectivity index (χ4n) is 3.78. The SMILES string of the molecule is Cc1ccc(Oc2ccc(N3C=Nc4ccc(NC5=NC(C)CO5)cc4C3N)cc2C)cn1. The van der Waals surface area contributed by atoms with Crippen molar-refractivity contribution in [1.29, 1.82) is 0 Å². The highest BCUT2D eigenvalue weighted by molar-refractivity contribution is 5.91. The van der Waals surface area contributed by atoms with Gasteiger partial charge < -0.3 is 25.4 Å². The molecule has 0 saturated carbocycles. The van der Waals surface area contributed by atoms with E-state index in [2.05, 4.69) is 20.3 Å².